The lowest BCUT2D eigenvalue weighted by molar-refractivity contribution is 0.364. The molecular formula is C12H12N2O. The average molecular weight is 200 g/mol. The summed E-state index contributed by atoms with van der Waals surface area (Å²) in [5.74, 6) is 0.743. The lowest BCUT2D eigenvalue weighted by atomic mass is 10.2. The minimum absolute atomic E-state index is 0.477. The van der Waals surface area contributed by atoms with Crippen LogP contribution in [0, 0.1) is 0 Å². The molecule has 1 heterocycles. The number of fused-ring (bicyclic) bond motifs is 1. The maximum Gasteiger partial charge on any atom is 0.122 e. The number of anilines is 1. The Hall–Kier alpha value is -2.03. The van der Waals surface area contributed by atoms with E-state index in [0.717, 1.165) is 16.7 Å². The van der Waals surface area contributed by atoms with Crippen LogP contribution in [0.3, 0.4) is 0 Å². The van der Waals surface area contributed by atoms with Crippen LogP contribution in [-0.2, 0) is 0 Å². The van der Waals surface area contributed by atoms with E-state index in [1.54, 1.807) is 18.3 Å². The number of nitrogens with zero attached hydrogens (tertiary/aromatic N) is 1. The van der Waals surface area contributed by atoms with Crippen molar-refractivity contribution in [3.8, 4) is 5.75 Å². The van der Waals surface area contributed by atoms with Gasteiger partial charge in [0, 0.05) is 17.6 Å². The van der Waals surface area contributed by atoms with Crippen molar-refractivity contribution in [2.45, 2.75) is 0 Å². The Balaban J connectivity index is 2.47. The molecule has 3 nitrogen and oxygen atoms in total. The fourth-order valence-electron chi connectivity index (χ4n) is 1.43. The van der Waals surface area contributed by atoms with Crippen LogP contribution >= 0.6 is 0 Å². The van der Waals surface area contributed by atoms with Crippen LogP contribution < -0.4 is 10.5 Å². The van der Waals surface area contributed by atoms with Crippen molar-refractivity contribution in [3.63, 3.8) is 0 Å². The molecular weight excluding hydrogens is 188 g/mol. The number of aromatic nitrogens is 1. The molecule has 1 aromatic heterocycles. The van der Waals surface area contributed by atoms with Crippen molar-refractivity contribution < 1.29 is 4.74 Å². The smallest absolute Gasteiger partial charge is 0.122 e. The summed E-state index contributed by atoms with van der Waals surface area (Å²) < 4.78 is 5.42. The van der Waals surface area contributed by atoms with E-state index in [0.29, 0.717) is 12.3 Å². The summed E-state index contributed by atoms with van der Waals surface area (Å²) in [5, 5.41) is 0.983. The number of rotatable bonds is 3. The zero-order valence-electron chi connectivity index (χ0n) is 8.31. The van der Waals surface area contributed by atoms with Gasteiger partial charge in [-0.3, -0.25) is 4.98 Å². The van der Waals surface area contributed by atoms with E-state index < -0.39 is 0 Å². The number of nitrogen functional groups attached to an aromatic ring is 1. The van der Waals surface area contributed by atoms with Crippen molar-refractivity contribution in [1.82, 2.24) is 4.98 Å². The molecule has 0 amide bonds. The molecule has 0 aliphatic heterocycles. The maximum absolute atomic E-state index is 5.86. The van der Waals surface area contributed by atoms with Crippen LogP contribution in [0.2, 0.25) is 0 Å². The zero-order valence-corrected chi connectivity index (χ0v) is 8.31. The lowest BCUT2D eigenvalue weighted by Crippen LogP contribution is -1.95. The van der Waals surface area contributed by atoms with Crippen LogP contribution in [-0.4, -0.2) is 11.6 Å². The number of ether oxygens (including phenoxy) is 1. The monoisotopic (exact) mass is 200 g/mol. The molecule has 0 bridgehead atoms. The van der Waals surface area contributed by atoms with Gasteiger partial charge < -0.3 is 10.5 Å². The zero-order chi connectivity index (χ0) is 10.7. The standard InChI is InChI=1S/C12H12N2O/c1-2-6-15-10-7-9-4-3-5-14-12(9)11(13)8-10/h2-5,7-8H,1,6,13H2. The molecule has 0 unspecified atom stereocenters. The van der Waals surface area contributed by atoms with E-state index >= 15 is 0 Å². The molecule has 0 aliphatic carbocycles. The fourth-order valence-corrected chi connectivity index (χ4v) is 1.43. The SMILES string of the molecule is C=CCOc1cc(N)c2ncccc2c1. The molecule has 2 rings (SSSR count). The summed E-state index contributed by atoms with van der Waals surface area (Å²) >= 11 is 0. The van der Waals surface area contributed by atoms with E-state index in [4.69, 9.17) is 10.5 Å². The molecule has 2 N–H and O–H groups in total. The highest BCUT2D eigenvalue weighted by Crippen LogP contribution is 2.25. The van der Waals surface area contributed by atoms with E-state index in [-0.39, 0.29) is 0 Å². The highest BCUT2D eigenvalue weighted by atomic mass is 16.5. The van der Waals surface area contributed by atoms with E-state index in [1.165, 1.54) is 0 Å². The molecule has 0 saturated carbocycles. The van der Waals surface area contributed by atoms with Gasteiger partial charge >= 0.3 is 0 Å². The molecule has 0 radical (unpaired) electrons. The van der Waals surface area contributed by atoms with Gasteiger partial charge in [-0.05, 0) is 12.1 Å². The second-order valence-electron chi connectivity index (χ2n) is 3.19. The Morgan fingerprint density at radius 3 is 3.13 bits per heavy atom. The predicted octanol–water partition coefficient (Wildman–Crippen LogP) is 2.38. The molecule has 76 valence electrons. The largest absolute Gasteiger partial charge is 0.489 e. The molecule has 2 aromatic rings. The number of hydrogen-bond acceptors (Lipinski definition) is 3. The Labute approximate surface area is 88.2 Å². The van der Waals surface area contributed by atoms with Crippen molar-refractivity contribution in [1.29, 1.82) is 0 Å². The maximum atomic E-state index is 5.86. The van der Waals surface area contributed by atoms with Gasteiger partial charge in [-0.1, -0.05) is 18.7 Å². The van der Waals surface area contributed by atoms with Gasteiger partial charge in [-0.15, -0.1) is 0 Å². The minimum atomic E-state index is 0.477. The highest BCUT2D eigenvalue weighted by Gasteiger charge is 2.02. The molecule has 1 aromatic carbocycles. The fraction of sp³-hybridized carbons (Fsp3) is 0.0833. The van der Waals surface area contributed by atoms with Crippen molar-refractivity contribution >= 4 is 16.6 Å². The third-order valence-electron chi connectivity index (χ3n) is 2.08. The molecule has 0 atom stereocenters. The van der Waals surface area contributed by atoms with Gasteiger partial charge in [0.15, 0.2) is 0 Å². The van der Waals surface area contributed by atoms with Crippen LogP contribution in [0.4, 0.5) is 5.69 Å². The summed E-state index contributed by atoms with van der Waals surface area (Å²) in [6.07, 6.45) is 3.42. The summed E-state index contributed by atoms with van der Waals surface area (Å²) in [5.41, 5.74) is 7.30. The van der Waals surface area contributed by atoms with Gasteiger partial charge in [0.25, 0.3) is 0 Å². The number of nitrogens with two attached hydrogens (primary N) is 1. The number of hydrogen-bond donors (Lipinski definition) is 1. The quantitative estimate of drug-likeness (QED) is 0.611. The Morgan fingerprint density at radius 2 is 2.33 bits per heavy atom. The summed E-state index contributed by atoms with van der Waals surface area (Å²) in [7, 11) is 0. The molecule has 0 aliphatic rings. The highest BCUT2D eigenvalue weighted by molar-refractivity contribution is 5.90. The van der Waals surface area contributed by atoms with Crippen LogP contribution in [0.25, 0.3) is 10.9 Å². The first kappa shape index (κ1) is 9.52. The molecule has 0 saturated heterocycles. The predicted molar refractivity (Wildman–Crippen MR) is 61.8 cm³/mol. The van der Waals surface area contributed by atoms with Gasteiger partial charge in [0.05, 0.1) is 11.2 Å². The van der Waals surface area contributed by atoms with Crippen molar-refractivity contribution in [2.24, 2.45) is 0 Å². The summed E-state index contributed by atoms with van der Waals surface area (Å²) in [6, 6.07) is 7.53. The second kappa shape index (κ2) is 4.00. The van der Waals surface area contributed by atoms with E-state index in [2.05, 4.69) is 11.6 Å². The third-order valence-corrected chi connectivity index (χ3v) is 2.08. The van der Waals surface area contributed by atoms with E-state index in [1.807, 2.05) is 18.2 Å². The summed E-state index contributed by atoms with van der Waals surface area (Å²) in [6.45, 7) is 4.07. The van der Waals surface area contributed by atoms with Crippen LogP contribution in [0.15, 0.2) is 43.1 Å². The second-order valence-corrected chi connectivity index (χ2v) is 3.19. The van der Waals surface area contributed by atoms with Crippen LogP contribution in [0.1, 0.15) is 0 Å². The van der Waals surface area contributed by atoms with Gasteiger partial charge in [-0.25, -0.2) is 0 Å². The van der Waals surface area contributed by atoms with Gasteiger partial charge in [0.1, 0.15) is 12.4 Å². The Bertz CT molecular complexity index is 494. The van der Waals surface area contributed by atoms with Gasteiger partial charge in [0.2, 0.25) is 0 Å². The normalized spacial score (nSPS) is 10.1. The van der Waals surface area contributed by atoms with E-state index in [9.17, 15) is 0 Å². The summed E-state index contributed by atoms with van der Waals surface area (Å²) in [4.78, 5) is 4.20. The molecule has 0 spiro atoms. The van der Waals surface area contributed by atoms with Crippen molar-refractivity contribution in [2.75, 3.05) is 12.3 Å². The van der Waals surface area contributed by atoms with Gasteiger partial charge in [-0.2, -0.15) is 0 Å². The van der Waals surface area contributed by atoms with Crippen LogP contribution in [0.5, 0.6) is 5.75 Å². The first-order valence-corrected chi connectivity index (χ1v) is 4.69. The number of benzene rings is 1. The molecule has 15 heavy (non-hydrogen) atoms. The Morgan fingerprint density at radius 1 is 1.47 bits per heavy atom. The third kappa shape index (κ3) is 1.91. The number of pyridine rings is 1. The first-order valence-electron chi connectivity index (χ1n) is 4.69. The molecule has 3 heteroatoms. The lowest BCUT2D eigenvalue weighted by Gasteiger charge is -2.06. The average Bonchev–Trinajstić information content (AvgIpc) is 2.26. The molecule has 0 fully saturated rings. The Kier molecular flexibility index (Phi) is 2.54. The van der Waals surface area contributed by atoms with Crippen molar-refractivity contribution in [3.05, 3.63) is 43.1 Å². The minimum Gasteiger partial charge on any atom is -0.489 e. The topological polar surface area (TPSA) is 48.1 Å². The first-order chi connectivity index (χ1) is 7.31.